The van der Waals surface area contributed by atoms with Crippen molar-refractivity contribution < 1.29 is 14.3 Å². The molecule has 0 N–H and O–H groups in total. The third kappa shape index (κ3) is 3.24. The SMILES string of the molecule is COc1nc(N2CC3CC2CO3)cc(-n2ncc3cc(C)c(C4CCC(=O)CC4)cc32)n1. The van der Waals surface area contributed by atoms with E-state index in [2.05, 4.69) is 39.0 Å². The number of carbonyl (C=O) groups excluding carboxylic acids is 1. The second kappa shape index (κ2) is 7.55. The molecular weight excluding hydrogens is 406 g/mol. The molecule has 3 aromatic rings. The Balaban J connectivity index is 1.42. The first-order valence-corrected chi connectivity index (χ1v) is 11.4. The highest BCUT2D eigenvalue weighted by molar-refractivity contribution is 5.83. The number of carbonyl (C=O) groups is 1. The Labute approximate surface area is 186 Å². The van der Waals surface area contributed by atoms with Crippen molar-refractivity contribution >= 4 is 22.5 Å². The fourth-order valence-electron chi connectivity index (χ4n) is 5.51. The summed E-state index contributed by atoms with van der Waals surface area (Å²) in [6.07, 6.45) is 6.40. The summed E-state index contributed by atoms with van der Waals surface area (Å²) in [5.41, 5.74) is 3.58. The van der Waals surface area contributed by atoms with E-state index < -0.39 is 0 Å². The van der Waals surface area contributed by atoms with E-state index in [9.17, 15) is 4.79 Å². The standard InChI is InChI=1S/C24H27N5O3/c1-14-7-16-11-25-29(21(16)9-20(14)15-3-5-18(30)6-4-15)23-10-22(26-24(27-23)31-2)28-12-19-8-17(28)13-32-19/h7,9-11,15,17,19H,3-6,8,12-13H2,1-2H3. The van der Waals surface area contributed by atoms with Gasteiger partial charge in [0.2, 0.25) is 0 Å². The van der Waals surface area contributed by atoms with Gasteiger partial charge >= 0.3 is 6.01 Å². The van der Waals surface area contributed by atoms with Gasteiger partial charge in [-0.1, -0.05) is 0 Å². The van der Waals surface area contributed by atoms with E-state index in [0.29, 0.717) is 42.4 Å². The van der Waals surface area contributed by atoms with Crippen LogP contribution in [0, 0.1) is 6.92 Å². The van der Waals surface area contributed by atoms with E-state index in [1.807, 2.05) is 16.9 Å². The zero-order valence-electron chi connectivity index (χ0n) is 18.5. The van der Waals surface area contributed by atoms with Crippen LogP contribution in [0.25, 0.3) is 16.7 Å². The number of aryl methyl sites for hydroxylation is 1. The molecular formula is C24H27N5O3. The first-order chi connectivity index (χ1) is 15.6. The fraction of sp³-hybridized carbons (Fsp3) is 0.500. The predicted octanol–water partition coefficient (Wildman–Crippen LogP) is 3.34. The molecule has 3 fully saturated rings. The number of morpholine rings is 1. The van der Waals surface area contributed by atoms with Crippen molar-refractivity contribution in [3.05, 3.63) is 35.5 Å². The highest BCUT2D eigenvalue weighted by Gasteiger charge is 2.40. The average Bonchev–Trinajstić information content (AvgIpc) is 3.54. The van der Waals surface area contributed by atoms with Gasteiger partial charge in [0.1, 0.15) is 11.6 Å². The van der Waals surface area contributed by atoms with Crippen LogP contribution in [-0.2, 0) is 9.53 Å². The minimum atomic E-state index is 0.280. The molecule has 166 valence electrons. The molecule has 1 aliphatic carbocycles. The maximum atomic E-state index is 11.7. The first kappa shape index (κ1) is 19.7. The number of aromatic nitrogens is 4. The fourth-order valence-corrected chi connectivity index (χ4v) is 5.51. The summed E-state index contributed by atoms with van der Waals surface area (Å²) in [5.74, 6) is 2.34. The van der Waals surface area contributed by atoms with Crippen LogP contribution in [0.5, 0.6) is 6.01 Å². The Hall–Kier alpha value is -3.00. The molecule has 2 bridgehead atoms. The smallest absolute Gasteiger partial charge is 0.320 e. The average molecular weight is 434 g/mol. The number of benzene rings is 1. The number of hydrogen-bond donors (Lipinski definition) is 0. The quantitative estimate of drug-likeness (QED) is 0.624. The van der Waals surface area contributed by atoms with Crippen LogP contribution in [0.2, 0.25) is 0 Å². The third-order valence-electron chi connectivity index (χ3n) is 7.21. The molecule has 2 saturated heterocycles. The Kier molecular flexibility index (Phi) is 4.64. The molecule has 1 saturated carbocycles. The van der Waals surface area contributed by atoms with Crippen molar-refractivity contribution in [2.45, 2.75) is 57.1 Å². The lowest BCUT2D eigenvalue weighted by molar-refractivity contribution is -0.120. The molecule has 0 spiro atoms. The lowest BCUT2D eigenvalue weighted by Gasteiger charge is -2.28. The lowest BCUT2D eigenvalue weighted by Crippen LogP contribution is -2.37. The Morgan fingerprint density at radius 2 is 1.94 bits per heavy atom. The molecule has 6 rings (SSSR count). The molecule has 8 nitrogen and oxygen atoms in total. The number of anilines is 1. The topological polar surface area (TPSA) is 82.4 Å². The van der Waals surface area contributed by atoms with Gasteiger partial charge in [0.15, 0.2) is 5.82 Å². The molecule has 2 aliphatic heterocycles. The first-order valence-electron chi connectivity index (χ1n) is 11.4. The maximum Gasteiger partial charge on any atom is 0.320 e. The van der Waals surface area contributed by atoms with Crippen molar-refractivity contribution in [2.75, 3.05) is 25.2 Å². The van der Waals surface area contributed by atoms with Crippen molar-refractivity contribution in [3.8, 4) is 11.8 Å². The molecule has 32 heavy (non-hydrogen) atoms. The summed E-state index contributed by atoms with van der Waals surface area (Å²) in [5, 5.41) is 5.74. The Morgan fingerprint density at radius 3 is 2.66 bits per heavy atom. The van der Waals surface area contributed by atoms with E-state index in [1.54, 1.807) is 7.11 Å². The number of fused-ring (bicyclic) bond motifs is 3. The summed E-state index contributed by atoms with van der Waals surface area (Å²) in [4.78, 5) is 23.3. The van der Waals surface area contributed by atoms with Crippen LogP contribution >= 0.6 is 0 Å². The maximum absolute atomic E-state index is 11.7. The summed E-state index contributed by atoms with van der Waals surface area (Å²) in [6, 6.07) is 7.11. The number of Topliss-reactive ketones (excluding diaryl/α,β-unsaturated/α-hetero) is 1. The number of hydrogen-bond acceptors (Lipinski definition) is 7. The van der Waals surface area contributed by atoms with Crippen molar-refractivity contribution in [3.63, 3.8) is 0 Å². The number of ketones is 1. The van der Waals surface area contributed by atoms with Crippen LogP contribution in [0.1, 0.15) is 49.1 Å². The van der Waals surface area contributed by atoms with Crippen molar-refractivity contribution in [1.82, 2.24) is 19.7 Å². The number of rotatable bonds is 4. The van der Waals surface area contributed by atoms with Gasteiger partial charge in [-0.05, 0) is 55.4 Å². The minimum Gasteiger partial charge on any atom is -0.467 e. The zero-order chi connectivity index (χ0) is 21.8. The molecule has 0 radical (unpaired) electrons. The molecule has 2 atom stereocenters. The number of ether oxygens (including phenoxy) is 2. The van der Waals surface area contributed by atoms with E-state index in [-0.39, 0.29) is 6.10 Å². The monoisotopic (exact) mass is 433 g/mol. The largest absolute Gasteiger partial charge is 0.467 e. The molecule has 2 unspecified atom stereocenters. The molecule has 0 amide bonds. The van der Waals surface area contributed by atoms with E-state index >= 15 is 0 Å². The van der Waals surface area contributed by atoms with E-state index in [1.165, 1.54) is 11.1 Å². The van der Waals surface area contributed by atoms with E-state index in [0.717, 1.165) is 49.1 Å². The lowest BCUT2D eigenvalue weighted by atomic mass is 9.81. The molecule has 3 aliphatic rings. The molecule has 2 aromatic heterocycles. The van der Waals surface area contributed by atoms with Gasteiger partial charge < -0.3 is 14.4 Å². The van der Waals surface area contributed by atoms with Crippen LogP contribution < -0.4 is 9.64 Å². The van der Waals surface area contributed by atoms with Gasteiger partial charge in [0, 0.05) is 30.8 Å². The van der Waals surface area contributed by atoms with Crippen LogP contribution in [-0.4, -0.2) is 57.9 Å². The van der Waals surface area contributed by atoms with E-state index in [4.69, 9.17) is 9.47 Å². The van der Waals surface area contributed by atoms with Crippen molar-refractivity contribution in [2.24, 2.45) is 0 Å². The van der Waals surface area contributed by atoms with Gasteiger partial charge in [0.05, 0.1) is 37.6 Å². The highest BCUT2D eigenvalue weighted by atomic mass is 16.5. The summed E-state index contributed by atoms with van der Waals surface area (Å²) < 4.78 is 13.1. The third-order valence-corrected chi connectivity index (χ3v) is 7.21. The molecule has 1 aromatic carbocycles. The highest BCUT2D eigenvalue weighted by Crippen LogP contribution is 2.36. The van der Waals surface area contributed by atoms with Gasteiger partial charge in [-0.3, -0.25) is 4.79 Å². The number of methoxy groups -OCH3 is 1. The summed E-state index contributed by atoms with van der Waals surface area (Å²) in [6.45, 7) is 3.73. The Morgan fingerprint density at radius 1 is 1.12 bits per heavy atom. The molecule has 4 heterocycles. The summed E-state index contributed by atoms with van der Waals surface area (Å²) >= 11 is 0. The second-order valence-corrected chi connectivity index (χ2v) is 9.21. The van der Waals surface area contributed by atoms with Gasteiger partial charge in [0.25, 0.3) is 0 Å². The van der Waals surface area contributed by atoms with Gasteiger partial charge in [-0.15, -0.1) is 0 Å². The molecule has 8 heteroatoms. The second-order valence-electron chi connectivity index (χ2n) is 9.21. The minimum absolute atomic E-state index is 0.280. The van der Waals surface area contributed by atoms with Crippen LogP contribution in [0.4, 0.5) is 5.82 Å². The van der Waals surface area contributed by atoms with Gasteiger partial charge in [-0.25, -0.2) is 4.68 Å². The van der Waals surface area contributed by atoms with Gasteiger partial charge in [-0.2, -0.15) is 15.1 Å². The predicted molar refractivity (Wildman–Crippen MR) is 120 cm³/mol. The van der Waals surface area contributed by atoms with Crippen LogP contribution in [0.15, 0.2) is 24.4 Å². The number of nitrogens with zero attached hydrogens (tertiary/aromatic N) is 5. The summed E-state index contributed by atoms with van der Waals surface area (Å²) in [7, 11) is 1.59. The Bertz CT molecular complexity index is 1200. The zero-order valence-corrected chi connectivity index (χ0v) is 18.5. The normalized spacial score (nSPS) is 23.4. The van der Waals surface area contributed by atoms with Crippen LogP contribution in [0.3, 0.4) is 0 Å². The van der Waals surface area contributed by atoms with Crippen molar-refractivity contribution in [1.29, 1.82) is 0 Å².